The second-order valence-corrected chi connectivity index (χ2v) is 6.00. The minimum atomic E-state index is 0. The highest BCUT2D eigenvalue weighted by molar-refractivity contribution is 14.1. The fraction of sp³-hybridized carbons (Fsp3) is 0.500. The Bertz CT molecular complexity index is 445. The Morgan fingerprint density at radius 1 is 1.37 bits per heavy atom. The van der Waals surface area contributed by atoms with Gasteiger partial charge in [0.25, 0.3) is 5.91 Å². The molecular formula is C14H20ClIN2O. The standard InChI is InChI=1S/C14H19IN2O.ClH/c1-10-3-4-13(15)12(9-10)14(18)17-7-5-11(16-2)6-8-17;/h3-4,9,11,16H,5-8H2,1-2H3;1H. The maximum absolute atomic E-state index is 12.5. The van der Waals surface area contributed by atoms with Gasteiger partial charge in [0.15, 0.2) is 0 Å². The Hall–Kier alpha value is -0.330. The normalized spacial score (nSPS) is 16.1. The summed E-state index contributed by atoms with van der Waals surface area (Å²) in [5, 5.41) is 3.28. The van der Waals surface area contributed by atoms with Crippen molar-refractivity contribution in [2.24, 2.45) is 0 Å². The average Bonchev–Trinajstić information content (AvgIpc) is 2.41. The van der Waals surface area contributed by atoms with Gasteiger partial charge in [-0.2, -0.15) is 0 Å². The van der Waals surface area contributed by atoms with Crippen LogP contribution in [-0.4, -0.2) is 37.0 Å². The van der Waals surface area contributed by atoms with E-state index in [4.69, 9.17) is 0 Å². The van der Waals surface area contributed by atoms with Crippen molar-refractivity contribution >= 4 is 40.9 Å². The molecular weight excluding hydrogens is 375 g/mol. The molecule has 1 aliphatic rings. The third-order valence-electron chi connectivity index (χ3n) is 3.54. The maximum Gasteiger partial charge on any atom is 0.254 e. The molecule has 1 fully saturated rings. The van der Waals surface area contributed by atoms with Crippen LogP contribution >= 0.6 is 35.0 Å². The van der Waals surface area contributed by atoms with Gasteiger partial charge in [-0.15, -0.1) is 12.4 Å². The molecule has 106 valence electrons. The van der Waals surface area contributed by atoms with Gasteiger partial charge < -0.3 is 10.2 Å². The SMILES string of the molecule is CNC1CCN(C(=O)c2cc(C)ccc2I)CC1.Cl. The molecule has 1 saturated heterocycles. The molecule has 1 aromatic carbocycles. The van der Waals surface area contributed by atoms with Gasteiger partial charge in [0, 0.05) is 22.7 Å². The summed E-state index contributed by atoms with van der Waals surface area (Å²) in [7, 11) is 1.99. The van der Waals surface area contributed by atoms with E-state index in [2.05, 4.69) is 27.9 Å². The predicted molar refractivity (Wildman–Crippen MR) is 89.1 cm³/mol. The van der Waals surface area contributed by atoms with Crippen molar-refractivity contribution in [1.29, 1.82) is 0 Å². The molecule has 0 unspecified atom stereocenters. The van der Waals surface area contributed by atoms with Crippen molar-refractivity contribution in [2.45, 2.75) is 25.8 Å². The lowest BCUT2D eigenvalue weighted by Gasteiger charge is -2.32. The summed E-state index contributed by atoms with van der Waals surface area (Å²) in [6, 6.07) is 6.62. The summed E-state index contributed by atoms with van der Waals surface area (Å²) in [6.45, 7) is 3.74. The van der Waals surface area contributed by atoms with Gasteiger partial charge in [0.05, 0.1) is 5.56 Å². The number of hydrogen-bond acceptors (Lipinski definition) is 2. The number of benzene rings is 1. The summed E-state index contributed by atoms with van der Waals surface area (Å²) in [4.78, 5) is 14.4. The molecule has 0 bridgehead atoms. The third-order valence-corrected chi connectivity index (χ3v) is 4.48. The van der Waals surface area contributed by atoms with Crippen LogP contribution in [0.4, 0.5) is 0 Å². The van der Waals surface area contributed by atoms with E-state index in [9.17, 15) is 4.79 Å². The smallest absolute Gasteiger partial charge is 0.254 e. The van der Waals surface area contributed by atoms with Gasteiger partial charge >= 0.3 is 0 Å². The fourth-order valence-corrected chi connectivity index (χ4v) is 2.91. The van der Waals surface area contributed by atoms with Gasteiger partial charge in [-0.25, -0.2) is 0 Å². The van der Waals surface area contributed by atoms with E-state index in [0.717, 1.165) is 40.6 Å². The van der Waals surface area contributed by atoms with E-state index < -0.39 is 0 Å². The van der Waals surface area contributed by atoms with Crippen LogP contribution in [0.3, 0.4) is 0 Å². The molecule has 1 amide bonds. The Labute approximate surface area is 134 Å². The summed E-state index contributed by atoms with van der Waals surface area (Å²) >= 11 is 2.24. The summed E-state index contributed by atoms with van der Waals surface area (Å²) in [5.74, 6) is 0.178. The van der Waals surface area contributed by atoms with Gasteiger partial charge in [0.1, 0.15) is 0 Å². The van der Waals surface area contributed by atoms with E-state index in [1.807, 2.05) is 37.1 Å². The predicted octanol–water partition coefficient (Wildman–Crippen LogP) is 2.85. The average molecular weight is 395 g/mol. The van der Waals surface area contributed by atoms with Crippen molar-refractivity contribution < 1.29 is 4.79 Å². The van der Waals surface area contributed by atoms with E-state index in [1.165, 1.54) is 0 Å². The van der Waals surface area contributed by atoms with Crippen LogP contribution in [0.2, 0.25) is 0 Å². The number of carbonyl (C=O) groups excluding carboxylic acids is 1. The zero-order valence-electron chi connectivity index (χ0n) is 11.3. The first-order valence-electron chi connectivity index (χ1n) is 6.34. The van der Waals surface area contributed by atoms with Gasteiger partial charge in [0.2, 0.25) is 0 Å². The van der Waals surface area contributed by atoms with Crippen LogP contribution in [0.25, 0.3) is 0 Å². The minimum absolute atomic E-state index is 0. The maximum atomic E-state index is 12.5. The van der Waals surface area contributed by atoms with E-state index in [1.54, 1.807) is 0 Å². The van der Waals surface area contributed by atoms with Crippen molar-refractivity contribution in [3.63, 3.8) is 0 Å². The van der Waals surface area contributed by atoms with Crippen LogP contribution < -0.4 is 5.32 Å². The number of aryl methyl sites for hydroxylation is 1. The highest BCUT2D eigenvalue weighted by Gasteiger charge is 2.23. The zero-order chi connectivity index (χ0) is 13.1. The molecule has 5 heteroatoms. The number of piperidine rings is 1. The lowest BCUT2D eigenvalue weighted by atomic mass is 10.0. The molecule has 3 nitrogen and oxygen atoms in total. The molecule has 0 spiro atoms. The molecule has 0 saturated carbocycles. The number of nitrogens with zero attached hydrogens (tertiary/aromatic N) is 1. The quantitative estimate of drug-likeness (QED) is 0.782. The molecule has 2 rings (SSSR count). The Balaban J connectivity index is 0.00000180. The van der Waals surface area contributed by atoms with Crippen LogP contribution in [-0.2, 0) is 0 Å². The molecule has 1 aliphatic heterocycles. The molecule has 19 heavy (non-hydrogen) atoms. The van der Waals surface area contributed by atoms with E-state index in [-0.39, 0.29) is 18.3 Å². The van der Waals surface area contributed by atoms with Crippen LogP contribution in [0.1, 0.15) is 28.8 Å². The monoisotopic (exact) mass is 394 g/mol. The van der Waals surface area contributed by atoms with Crippen LogP contribution in [0.5, 0.6) is 0 Å². The largest absolute Gasteiger partial charge is 0.338 e. The van der Waals surface area contributed by atoms with Crippen LogP contribution in [0.15, 0.2) is 18.2 Å². The number of amides is 1. The number of likely N-dealkylation sites (tertiary alicyclic amines) is 1. The first kappa shape index (κ1) is 16.7. The zero-order valence-corrected chi connectivity index (χ0v) is 14.3. The Kier molecular flexibility index (Phi) is 6.56. The molecule has 1 aromatic rings. The van der Waals surface area contributed by atoms with E-state index in [0.29, 0.717) is 6.04 Å². The summed E-state index contributed by atoms with van der Waals surface area (Å²) in [5.41, 5.74) is 1.99. The van der Waals surface area contributed by atoms with Crippen molar-refractivity contribution in [3.05, 3.63) is 32.9 Å². The molecule has 0 atom stereocenters. The Morgan fingerprint density at radius 2 is 2.00 bits per heavy atom. The third kappa shape index (κ3) is 4.07. The lowest BCUT2D eigenvalue weighted by Crippen LogP contribution is -2.44. The number of carbonyl (C=O) groups is 1. The van der Waals surface area contributed by atoms with Gasteiger partial charge in [-0.1, -0.05) is 11.6 Å². The number of halogens is 2. The van der Waals surface area contributed by atoms with E-state index >= 15 is 0 Å². The minimum Gasteiger partial charge on any atom is -0.338 e. The fourth-order valence-electron chi connectivity index (χ4n) is 2.34. The Morgan fingerprint density at radius 3 is 2.58 bits per heavy atom. The van der Waals surface area contributed by atoms with Crippen LogP contribution in [0, 0.1) is 10.5 Å². The molecule has 0 aromatic heterocycles. The topological polar surface area (TPSA) is 32.3 Å². The highest BCUT2D eigenvalue weighted by atomic mass is 127. The van der Waals surface area contributed by atoms with Gasteiger partial charge in [-0.3, -0.25) is 4.79 Å². The molecule has 1 N–H and O–H groups in total. The molecule has 0 aliphatic carbocycles. The second-order valence-electron chi connectivity index (χ2n) is 4.84. The summed E-state index contributed by atoms with van der Waals surface area (Å²) < 4.78 is 1.04. The van der Waals surface area contributed by atoms with Crippen molar-refractivity contribution in [2.75, 3.05) is 20.1 Å². The number of hydrogen-bond donors (Lipinski definition) is 1. The number of nitrogens with one attached hydrogen (secondary N) is 1. The summed E-state index contributed by atoms with van der Waals surface area (Å²) in [6.07, 6.45) is 2.09. The lowest BCUT2D eigenvalue weighted by molar-refractivity contribution is 0.0706. The molecule has 1 heterocycles. The number of rotatable bonds is 2. The second kappa shape index (κ2) is 7.45. The van der Waals surface area contributed by atoms with Crippen molar-refractivity contribution in [3.8, 4) is 0 Å². The first-order valence-corrected chi connectivity index (χ1v) is 7.42. The first-order chi connectivity index (χ1) is 8.61. The van der Waals surface area contributed by atoms with Crippen molar-refractivity contribution in [1.82, 2.24) is 10.2 Å². The molecule has 0 radical (unpaired) electrons. The van der Waals surface area contributed by atoms with Gasteiger partial charge in [-0.05, 0) is 61.5 Å². The highest BCUT2D eigenvalue weighted by Crippen LogP contribution is 2.19.